The van der Waals surface area contributed by atoms with Gasteiger partial charge in [0.2, 0.25) is 11.8 Å². The number of fused-ring (bicyclic) bond motifs is 1. The highest BCUT2D eigenvalue weighted by molar-refractivity contribution is 5.99. The molecule has 1 aliphatic heterocycles. The number of rotatable bonds is 7. The number of hydrogen-bond donors (Lipinski definition) is 2. The highest BCUT2D eigenvalue weighted by Crippen LogP contribution is 2.33. The van der Waals surface area contributed by atoms with Crippen LogP contribution in [0.1, 0.15) is 29.0 Å². The molecule has 1 amide bonds. The summed E-state index contributed by atoms with van der Waals surface area (Å²) >= 11 is 0. The van der Waals surface area contributed by atoms with E-state index in [0.717, 1.165) is 10.5 Å². The first-order valence-corrected chi connectivity index (χ1v) is 13.5. The SMILES string of the molecule is COc1cc(-c2cccc3cc(C(C)Nc4nc(N)ncc4C(=O)N4CC(F)(F)C4)n(-c4ccccc4)c(=O)c23)ccn1. The minimum absolute atomic E-state index is 0.000122. The molecule has 1 atom stereocenters. The third kappa shape index (κ3) is 5.23. The van der Waals surface area contributed by atoms with E-state index < -0.39 is 31.0 Å². The maximum absolute atomic E-state index is 14.4. The van der Waals surface area contributed by atoms with Gasteiger partial charge in [0.05, 0.1) is 31.6 Å². The number of alkyl halides is 2. The van der Waals surface area contributed by atoms with Gasteiger partial charge >= 0.3 is 0 Å². The number of nitrogen functional groups attached to an aromatic ring is 1. The van der Waals surface area contributed by atoms with Crippen LogP contribution in [0.2, 0.25) is 0 Å². The van der Waals surface area contributed by atoms with Crippen molar-refractivity contribution in [1.82, 2.24) is 24.4 Å². The first kappa shape index (κ1) is 27.8. The van der Waals surface area contributed by atoms with Crippen LogP contribution in [0.15, 0.2) is 83.9 Å². The Hall–Kier alpha value is -5.39. The number of pyridine rings is 2. The van der Waals surface area contributed by atoms with Crippen molar-refractivity contribution in [1.29, 1.82) is 0 Å². The number of halogens is 2. The Bertz CT molecular complexity index is 1910. The molecule has 0 saturated carbocycles. The number of nitrogens with zero attached hydrogens (tertiary/aromatic N) is 5. The Morgan fingerprint density at radius 1 is 1.07 bits per heavy atom. The Morgan fingerprint density at radius 3 is 2.56 bits per heavy atom. The molecule has 0 spiro atoms. The Balaban J connectivity index is 1.48. The van der Waals surface area contributed by atoms with Gasteiger partial charge in [-0.15, -0.1) is 0 Å². The molecule has 0 bridgehead atoms. The number of hydrogen-bond acceptors (Lipinski definition) is 8. The van der Waals surface area contributed by atoms with Gasteiger partial charge in [-0.2, -0.15) is 4.98 Å². The van der Waals surface area contributed by atoms with Crippen LogP contribution < -0.4 is 21.3 Å². The van der Waals surface area contributed by atoms with Crippen LogP contribution in [0.3, 0.4) is 0 Å². The molecule has 1 fully saturated rings. The average molecular weight is 584 g/mol. The molecule has 3 N–H and O–H groups in total. The summed E-state index contributed by atoms with van der Waals surface area (Å²) in [4.78, 5) is 40.8. The van der Waals surface area contributed by atoms with Gasteiger partial charge in [-0.1, -0.05) is 36.4 Å². The fraction of sp³-hybridized carbons (Fsp3) is 0.194. The Labute approximate surface area is 244 Å². The number of methoxy groups -OCH3 is 1. The highest BCUT2D eigenvalue weighted by Gasteiger charge is 2.47. The molecule has 1 aliphatic rings. The summed E-state index contributed by atoms with van der Waals surface area (Å²) in [6.45, 7) is 0.437. The number of anilines is 2. The van der Waals surface area contributed by atoms with Gasteiger partial charge in [-0.3, -0.25) is 14.2 Å². The number of para-hydroxylation sites is 1. The topological polar surface area (TPSA) is 128 Å². The van der Waals surface area contributed by atoms with Gasteiger partial charge in [0, 0.05) is 29.8 Å². The molecule has 43 heavy (non-hydrogen) atoms. The van der Waals surface area contributed by atoms with Crippen molar-refractivity contribution in [2.24, 2.45) is 0 Å². The molecule has 12 heteroatoms. The van der Waals surface area contributed by atoms with Crippen LogP contribution in [0, 0.1) is 0 Å². The van der Waals surface area contributed by atoms with Crippen molar-refractivity contribution < 1.29 is 18.3 Å². The van der Waals surface area contributed by atoms with Gasteiger partial charge in [-0.25, -0.2) is 18.7 Å². The molecule has 5 aromatic rings. The number of nitrogens with one attached hydrogen (secondary N) is 1. The second-order valence-electron chi connectivity index (χ2n) is 10.3. The standard InChI is InChI=1S/C31H27F2N7O3/c1-18(37-27-23(15-36-30(34)38-27)28(41)39-16-31(32,33)17-39)24-13-20-7-6-10-22(19-11-12-35-25(14-19)43-2)26(20)29(42)40(24)21-8-4-3-5-9-21/h3-15,18H,16-17H2,1-2H3,(H3,34,36,37,38). The highest BCUT2D eigenvalue weighted by atomic mass is 19.3. The molecular weight excluding hydrogens is 556 g/mol. The van der Waals surface area contributed by atoms with Crippen LogP contribution >= 0.6 is 0 Å². The Kier molecular flexibility index (Phi) is 6.96. The van der Waals surface area contributed by atoms with E-state index in [4.69, 9.17) is 10.5 Å². The van der Waals surface area contributed by atoms with Crippen molar-refractivity contribution in [3.05, 3.63) is 101 Å². The lowest BCUT2D eigenvalue weighted by molar-refractivity contribution is -0.113. The van der Waals surface area contributed by atoms with Gasteiger partial charge in [0.25, 0.3) is 17.4 Å². The van der Waals surface area contributed by atoms with Gasteiger partial charge in [-0.05, 0) is 47.7 Å². The maximum Gasteiger partial charge on any atom is 0.282 e. The summed E-state index contributed by atoms with van der Waals surface area (Å²) in [6, 6.07) is 19.6. The van der Waals surface area contributed by atoms with Gasteiger partial charge in [0.15, 0.2) is 0 Å². The second-order valence-corrected chi connectivity index (χ2v) is 10.3. The minimum atomic E-state index is -2.93. The minimum Gasteiger partial charge on any atom is -0.481 e. The van der Waals surface area contributed by atoms with E-state index >= 15 is 0 Å². The molecule has 10 nitrogen and oxygen atoms in total. The summed E-state index contributed by atoms with van der Waals surface area (Å²) in [6.07, 6.45) is 2.84. The third-order valence-electron chi connectivity index (χ3n) is 7.31. The molecule has 218 valence electrons. The summed E-state index contributed by atoms with van der Waals surface area (Å²) < 4.78 is 33.9. The quantitative estimate of drug-likeness (QED) is 0.282. The van der Waals surface area contributed by atoms with E-state index in [1.54, 1.807) is 16.8 Å². The normalized spacial score (nSPS) is 14.7. The summed E-state index contributed by atoms with van der Waals surface area (Å²) in [7, 11) is 1.53. The number of carbonyl (C=O) groups is 1. The van der Waals surface area contributed by atoms with E-state index in [1.807, 2.05) is 67.6 Å². The summed E-state index contributed by atoms with van der Waals surface area (Å²) in [5, 5.41) is 4.37. The number of ether oxygens (including phenoxy) is 1. The number of aromatic nitrogens is 4. The van der Waals surface area contributed by atoms with Crippen LogP contribution in [-0.2, 0) is 0 Å². The Morgan fingerprint density at radius 2 is 1.84 bits per heavy atom. The number of carbonyl (C=O) groups excluding carboxylic acids is 1. The monoisotopic (exact) mass is 583 g/mol. The first-order valence-electron chi connectivity index (χ1n) is 13.5. The van der Waals surface area contributed by atoms with E-state index in [2.05, 4.69) is 20.3 Å². The smallest absolute Gasteiger partial charge is 0.282 e. The number of amides is 1. The van der Waals surface area contributed by atoms with Gasteiger partial charge < -0.3 is 20.7 Å². The number of benzene rings is 2. The van der Waals surface area contributed by atoms with E-state index in [0.29, 0.717) is 33.6 Å². The molecule has 0 radical (unpaired) electrons. The molecule has 1 saturated heterocycles. The molecule has 3 aromatic heterocycles. The van der Waals surface area contributed by atoms with Crippen LogP contribution in [0.4, 0.5) is 20.5 Å². The molecule has 6 rings (SSSR count). The average Bonchev–Trinajstić information content (AvgIpc) is 2.99. The summed E-state index contributed by atoms with van der Waals surface area (Å²) in [5.41, 5.74) is 8.25. The zero-order valence-corrected chi connectivity index (χ0v) is 23.3. The molecule has 1 unspecified atom stereocenters. The zero-order valence-electron chi connectivity index (χ0n) is 23.3. The predicted octanol–water partition coefficient (Wildman–Crippen LogP) is 4.70. The lowest BCUT2D eigenvalue weighted by atomic mass is 9.98. The van der Waals surface area contributed by atoms with Crippen LogP contribution in [0.25, 0.3) is 27.6 Å². The van der Waals surface area contributed by atoms with Crippen molar-refractivity contribution in [2.75, 3.05) is 31.2 Å². The van der Waals surface area contributed by atoms with Crippen LogP contribution in [0.5, 0.6) is 5.88 Å². The molecule has 0 aliphatic carbocycles. The van der Waals surface area contributed by atoms with Crippen LogP contribution in [-0.4, -0.2) is 56.4 Å². The van der Waals surface area contributed by atoms with Crippen molar-refractivity contribution in [3.63, 3.8) is 0 Å². The molecule has 2 aromatic carbocycles. The fourth-order valence-electron chi connectivity index (χ4n) is 5.24. The fourth-order valence-corrected chi connectivity index (χ4v) is 5.24. The lowest BCUT2D eigenvalue weighted by Crippen LogP contribution is -2.58. The first-order chi connectivity index (χ1) is 20.6. The van der Waals surface area contributed by atoms with E-state index in [9.17, 15) is 18.4 Å². The molecule has 4 heterocycles. The second kappa shape index (κ2) is 10.8. The van der Waals surface area contributed by atoms with E-state index in [1.165, 1.54) is 13.3 Å². The number of likely N-dealkylation sites (tertiary alicyclic amines) is 1. The number of nitrogens with two attached hydrogens (primary N) is 1. The predicted molar refractivity (Wildman–Crippen MR) is 159 cm³/mol. The van der Waals surface area contributed by atoms with Crippen molar-refractivity contribution in [3.8, 4) is 22.7 Å². The molecular formula is C31H27F2N7O3. The lowest BCUT2D eigenvalue weighted by Gasteiger charge is -2.38. The van der Waals surface area contributed by atoms with Crippen molar-refractivity contribution >= 4 is 28.4 Å². The largest absolute Gasteiger partial charge is 0.481 e. The summed E-state index contributed by atoms with van der Waals surface area (Å²) in [5.74, 6) is -3.18. The zero-order chi connectivity index (χ0) is 30.3. The van der Waals surface area contributed by atoms with Gasteiger partial charge in [0.1, 0.15) is 11.4 Å². The maximum atomic E-state index is 14.4. The third-order valence-corrected chi connectivity index (χ3v) is 7.31. The van der Waals surface area contributed by atoms with Crippen molar-refractivity contribution in [2.45, 2.75) is 18.9 Å². The van der Waals surface area contributed by atoms with E-state index in [-0.39, 0.29) is 22.9 Å².